The van der Waals surface area contributed by atoms with E-state index in [1.807, 2.05) is 49.7 Å². The lowest BCUT2D eigenvalue weighted by molar-refractivity contribution is 0.0963. The quantitative estimate of drug-likeness (QED) is 0.836. The normalized spacial score (nSPS) is 12.4. The average Bonchev–Trinajstić information content (AvgIpc) is 2.96. The molecule has 1 amide bonds. The van der Waals surface area contributed by atoms with Gasteiger partial charge in [-0.05, 0) is 30.7 Å². The zero-order valence-corrected chi connectivity index (χ0v) is 15.8. The number of rotatable bonds is 6. The van der Waals surface area contributed by atoms with Gasteiger partial charge in [-0.3, -0.25) is 4.79 Å². The molecule has 0 saturated heterocycles. The lowest BCUT2D eigenvalue weighted by atomic mass is 10.1. The maximum Gasteiger partial charge on any atom is 0.251 e. The number of nitrogens with one attached hydrogen (secondary N) is 2. The lowest BCUT2D eigenvalue weighted by Gasteiger charge is -2.17. The molecule has 134 valence electrons. The number of fused-ring (bicyclic) bond motifs is 1. The van der Waals surface area contributed by atoms with Crippen LogP contribution in [0, 0.1) is 0 Å². The molecular formula is C17H27N3O3S. The first kappa shape index (κ1) is 20.2. The van der Waals surface area contributed by atoms with E-state index >= 15 is 0 Å². The third-order valence-corrected chi connectivity index (χ3v) is 4.31. The summed E-state index contributed by atoms with van der Waals surface area (Å²) in [4.78, 5) is 11.7. The van der Waals surface area contributed by atoms with Gasteiger partial charge in [0.1, 0.15) is 0 Å². The fourth-order valence-corrected chi connectivity index (χ4v) is 3.28. The zero-order valence-electron chi connectivity index (χ0n) is 15.0. The van der Waals surface area contributed by atoms with Gasteiger partial charge in [0.05, 0.1) is 6.26 Å². The Kier molecular flexibility index (Phi) is 7.44. The molecule has 0 radical (unpaired) electrons. The predicted octanol–water partition coefficient (Wildman–Crippen LogP) is 2.35. The van der Waals surface area contributed by atoms with Gasteiger partial charge < -0.3 is 9.88 Å². The van der Waals surface area contributed by atoms with Crippen LogP contribution in [-0.2, 0) is 16.6 Å². The maximum absolute atomic E-state index is 11.7. The summed E-state index contributed by atoms with van der Waals surface area (Å²) in [7, 11) is -1.63. The second-order valence-corrected chi connectivity index (χ2v) is 7.10. The number of benzene rings is 1. The highest BCUT2D eigenvalue weighted by Gasteiger charge is 2.14. The van der Waals surface area contributed by atoms with Gasteiger partial charge in [-0.15, -0.1) is 0 Å². The number of amides is 1. The molecule has 2 aromatic rings. The van der Waals surface area contributed by atoms with E-state index in [0.29, 0.717) is 18.5 Å². The molecular weight excluding hydrogens is 326 g/mol. The van der Waals surface area contributed by atoms with E-state index in [1.54, 1.807) is 13.1 Å². The summed E-state index contributed by atoms with van der Waals surface area (Å²) in [6, 6.07) is 7.24. The summed E-state index contributed by atoms with van der Waals surface area (Å²) in [6.07, 6.45) is 3.77. The van der Waals surface area contributed by atoms with Gasteiger partial charge in [-0.1, -0.05) is 20.8 Å². The molecule has 1 heterocycles. The van der Waals surface area contributed by atoms with Gasteiger partial charge in [0.2, 0.25) is 10.0 Å². The minimum Gasteiger partial charge on any atom is -0.355 e. The smallest absolute Gasteiger partial charge is 0.251 e. The van der Waals surface area contributed by atoms with Crippen LogP contribution in [-0.4, -0.2) is 38.2 Å². The van der Waals surface area contributed by atoms with Crippen molar-refractivity contribution in [2.45, 2.75) is 39.8 Å². The third-order valence-electron chi connectivity index (χ3n) is 3.55. The first-order chi connectivity index (χ1) is 11.3. The molecule has 7 heteroatoms. The molecule has 1 aromatic carbocycles. The Morgan fingerprint density at radius 3 is 2.46 bits per heavy atom. The molecule has 2 N–H and O–H groups in total. The van der Waals surface area contributed by atoms with Gasteiger partial charge in [0.25, 0.3) is 5.91 Å². The van der Waals surface area contributed by atoms with Crippen LogP contribution in [0.1, 0.15) is 37.6 Å². The molecule has 0 aliphatic heterocycles. The molecule has 1 aromatic heterocycles. The van der Waals surface area contributed by atoms with Crippen LogP contribution < -0.4 is 10.0 Å². The maximum atomic E-state index is 11.7. The summed E-state index contributed by atoms with van der Waals surface area (Å²) in [6.45, 7) is 6.49. The summed E-state index contributed by atoms with van der Waals surface area (Å²) in [5, 5.41) is 3.55. The number of carbonyl (C=O) groups excluding carboxylic acids is 1. The number of hydrogen-bond donors (Lipinski definition) is 2. The van der Waals surface area contributed by atoms with E-state index < -0.39 is 10.0 Å². The monoisotopic (exact) mass is 353 g/mol. The minimum absolute atomic E-state index is 0.125. The molecule has 0 spiro atoms. The Labute approximate surface area is 144 Å². The Morgan fingerprint density at radius 2 is 1.92 bits per heavy atom. The predicted molar refractivity (Wildman–Crippen MR) is 98.7 cm³/mol. The number of sulfonamides is 1. The number of aromatic nitrogens is 1. The number of hydrogen-bond acceptors (Lipinski definition) is 3. The van der Waals surface area contributed by atoms with Crippen molar-refractivity contribution in [1.82, 2.24) is 14.6 Å². The Bertz CT molecular complexity index is 781. The van der Waals surface area contributed by atoms with Crippen molar-refractivity contribution in [3.05, 3.63) is 36.0 Å². The van der Waals surface area contributed by atoms with Crippen molar-refractivity contribution in [3.63, 3.8) is 0 Å². The van der Waals surface area contributed by atoms with Crippen LogP contribution in [0.4, 0.5) is 0 Å². The van der Waals surface area contributed by atoms with E-state index in [1.165, 1.54) is 6.26 Å². The van der Waals surface area contributed by atoms with Crippen LogP contribution >= 0.6 is 0 Å². The second-order valence-electron chi connectivity index (χ2n) is 5.32. The molecule has 0 bridgehead atoms. The second kappa shape index (κ2) is 8.84. The molecule has 0 saturated carbocycles. The Balaban J connectivity index is 0.00000139. The average molecular weight is 353 g/mol. The van der Waals surface area contributed by atoms with Gasteiger partial charge in [-0.2, -0.15) is 0 Å². The molecule has 0 aliphatic carbocycles. The van der Waals surface area contributed by atoms with Crippen LogP contribution in [0.3, 0.4) is 0 Å². The van der Waals surface area contributed by atoms with E-state index in [9.17, 15) is 13.2 Å². The van der Waals surface area contributed by atoms with Crippen molar-refractivity contribution in [1.29, 1.82) is 0 Å². The summed E-state index contributed by atoms with van der Waals surface area (Å²) in [5.74, 6) is -0.125. The first-order valence-electron chi connectivity index (χ1n) is 8.12. The highest BCUT2D eigenvalue weighted by atomic mass is 32.2. The van der Waals surface area contributed by atoms with Gasteiger partial charge >= 0.3 is 0 Å². The molecule has 2 rings (SSSR count). The zero-order chi connectivity index (χ0) is 18.3. The van der Waals surface area contributed by atoms with E-state index in [2.05, 4.69) is 10.0 Å². The standard InChI is InChI=1S/C15H21N3O3S.C2H6/c1-4-13(17-22(3,20)21)10-18-8-7-11-9-12(15(19)16-2)5-6-14(11)18;1-2/h5-9,13,17H,4,10H2,1-3H3,(H,16,19);1-2H3/t13-;/m0./s1. The molecule has 1 atom stereocenters. The van der Waals surface area contributed by atoms with Crippen LogP contribution in [0.5, 0.6) is 0 Å². The molecule has 0 unspecified atom stereocenters. The van der Waals surface area contributed by atoms with E-state index in [-0.39, 0.29) is 11.9 Å². The highest BCUT2D eigenvalue weighted by molar-refractivity contribution is 7.88. The number of carbonyl (C=O) groups is 1. The highest BCUT2D eigenvalue weighted by Crippen LogP contribution is 2.18. The Hall–Kier alpha value is -1.86. The minimum atomic E-state index is -3.23. The molecule has 24 heavy (non-hydrogen) atoms. The van der Waals surface area contributed by atoms with E-state index in [0.717, 1.165) is 10.9 Å². The van der Waals surface area contributed by atoms with Crippen LogP contribution in [0.2, 0.25) is 0 Å². The molecule has 0 fully saturated rings. The van der Waals surface area contributed by atoms with Crippen molar-refractivity contribution in [2.24, 2.45) is 0 Å². The van der Waals surface area contributed by atoms with Crippen molar-refractivity contribution < 1.29 is 13.2 Å². The summed E-state index contributed by atoms with van der Waals surface area (Å²) >= 11 is 0. The van der Waals surface area contributed by atoms with Gasteiger partial charge in [-0.25, -0.2) is 13.1 Å². The summed E-state index contributed by atoms with van der Waals surface area (Å²) in [5.41, 5.74) is 1.58. The van der Waals surface area contributed by atoms with Crippen molar-refractivity contribution in [2.75, 3.05) is 13.3 Å². The third kappa shape index (κ3) is 5.35. The van der Waals surface area contributed by atoms with Crippen LogP contribution in [0.25, 0.3) is 10.9 Å². The largest absolute Gasteiger partial charge is 0.355 e. The molecule has 0 aliphatic rings. The number of nitrogens with zero attached hydrogens (tertiary/aromatic N) is 1. The Morgan fingerprint density at radius 1 is 1.25 bits per heavy atom. The van der Waals surface area contributed by atoms with Gasteiger partial charge in [0.15, 0.2) is 0 Å². The summed E-state index contributed by atoms with van der Waals surface area (Å²) < 4.78 is 27.4. The first-order valence-corrected chi connectivity index (χ1v) is 10.0. The van der Waals surface area contributed by atoms with Crippen LogP contribution in [0.15, 0.2) is 30.5 Å². The van der Waals surface area contributed by atoms with Gasteiger partial charge in [0, 0.05) is 42.3 Å². The fourth-order valence-electron chi connectivity index (χ4n) is 2.43. The SMILES string of the molecule is CC.CC[C@@H](Cn1ccc2cc(C(=O)NC)ccc21)NS(C)(=O)=O. The van der Waals surface area contributed by atoms with E-state index in [4.69, 9.17) is 0 Å². The lowest BCUT2D eigenvalue weighted by Crippen LogP contribution is -2.36. The molecule has 6 nitrogen and oxygen atoms in total. The topological polar surface area (TPSA) is 80.2 Å². The van der Waals surface area contributed by atoms with Crippen molar-refractivity contribution in [3.8, 4) is 0 Å². The fraction of sp³-hybridized carbons (Fsp3) is 0.471. The van der Waals surface area contributed by atoms with Crippen molar-refractivity contribution >= 4 is 26.8 Å².